The maximum absolute atomic E-state index is 2.60. The zero-order valence-corrected chi connectivity index (χ0v) is 39.8. The molecular weight excluding hydrogens is 813 g/mol. The van der Waals surface area contributed by atoms with Gasteiger partial charge in [-0.1, -0.05) is 141 Å². The van der Waals surface area contributed by atoms with E-state index in [0.717, 1.165) is 22.7 Å². The molecule has 9 aromatic rings. The van der Waals surface area contributed by atoms with E-state index in [0.29, 0.717) is 0 Å². The second-order valence-electron chi connectivity index (χ2n) is 19.6. The lowest BCUT2D eigenvalue weighted by molar-refractivity contribution is 0.660. The van der Waals surface area contributed by atoms with Crippen molar-refractivity contribution in [3.05, 3.63) is 216 Å². The number of para-hydroxylation sites is 3. The van der Waals surface area contributed by atoms with E-state index in [2.05, 4.69) is 255 Å². The summed E-state index contributed by atoms with van der Waals surface area (Å²) in [6, 6.07) is 72.8. The summed E-state index contributed by atoms with van der Waals surface area (Å²) in [6.45, 7) is 4.78. The Hall–Kier alpha value is -6.20. The van der Waals surface area contributed by atoms with E-state index in [1.165, 1.54) is 77.4 Å². The van der Waals surface area contributed by atoms with Gasteiger partial charge in [-0.05, 0) is 159 Å². The molecule has 0 aliphatic heterocycles. The number of benzene rings is 9. The van der Waals surface area contributed by atoms with Crippen LogP contribution in [0.5, 0.6) is 0 Å². The topological polar surface area (TPSA) is 6.48 Å². The van der Waals surface area contributed by atoms with Crippen LogP contribution in [0, 0.1) is 0 Å². The number of anilines is 6. The lowest BCUT2D eigenvalue weighted by Gasteiger charge is -2.59. The van der Waals surface area contributed by atoms with Crippen molar-refractivity contribution >= 4 is 75.7 Å². The van der Waals surface area contributed by atoms with Gasteiger partial charge in [-0.25, -0.2) is 20.1 Å². The van der Waals surface area contributed by atoms with Crippen molar-refractivity contribution in [1.82, 2.24) is 0 Å². The SMILES string of the molecule is CC1(C)c2ccccc2-c2ccc(N(c3ccccc3)c3c4c(cc5ccccc35)C(S(C)(C)C)(S(C)(C)C)c3c-4ccc4cc(N(c5ccccc5)c5ccccc5)ccc34)cc21. The monoisotopic (exact) mass is 868 g/mol. The quantitative estimate of drug-likeness (QED) is 0.150. The predicted octanol–water partition coefficient (Wildman–Crippen LogP) is 16.8. The van der Waals surface area contributed by atoms with E-state index in [1.807, 2.05) is 0 Å². The van der Waals surface area contributed by atoms with Crippen LogP contribution in [0.2, 0.25) is 0 Å². The Bertz CT molecular complexity index is 3220. The Balaban J connectivity index is 1.23. The first-order chi connectivity index (χ1) is 30.8. The molecular formula is C60H56N2S2. The summed E-state index contributed by atoms with van der Waals surface area (Å²) < 4.78 is -0.215. The second-order valence-corrected chi connectivity index (χ2v) is 28.5. The number of fused-ring (bicyclic) bond motifs is 9. The normalized spacial score (nSPS) is 15.0. The third-order valence-corrected chi connectivity index (χ3v) is 21.4. The first-order valence-corrected chi connectivity index (χ1v) is 28.0. The van der Waals surface area contributed by atoms with Gasteiger partial charge in [-0.15, -0.1) is 0 Å². The molecule has 2 aliphatic rings. The Morgan fingerprint density at radius 1 is 0.359 bits per heavy atom. The first-order valence-electron chi connectivity index (χ1n) is 22.3. The highest BCUT2D eigenvalue weighted by atomic mass is 32.3. The van der Waals surface area contributed by atoms with Gasteiger partial charge in [0.05, 0.1) is 9.77 Å². The van der Waals surface area contributed by atoms with Crippen LogP contribution < -0.4 is 9.80 Å². The zero-order chi connectivity index (χ0) is 44.2. The van der Waals surface area contributed by atoms with Crippen LogP contribution in [-0.2, 0) is 9.49 Å². The van der Waals surface area contributed by atoms with Crippen LogP contribution in [0.25, 0.3) is 43.8 Å². The van der Waals surface area contributed by atoms with Gasteiger partial charge in [0, 0.05) is 44.8 Å². The maximum Gasteiger partial charge on any atom is 0.0818 e. The molecule has 0 aromatic heterocycles. The fraction of sp³-hybridized carbons (Fsp3) is 0.167. The van der Waals surface area contributed by atoms with Crippen molar-refractivity contribution in [1.29, 1.82) is 0 Å². The lowest BCUT2D eigenvalue weighted by atomic mass is 9.82. The highest BCUT2D eigenvalue weighted by Gasteiger charge is 2.56. The molecule has 9 aromatic carbocycles. The Morgan fingerprint density at radius 3 is 1.50 bits per heavy atom. The molecule has 0 bridgehead atoms. The summed E-state index contributed by atoms with van der Waals surface area (Å²) in [5.41, 5.74) is 18.1. The van der Waals surface area contributed by atoms with Crippen molar-refractivity contribution in [2.24, 2.45) is 0 Å². The fourth-order valence-electron chi connectivity index (χ4n) is 11.7. The number of hydrogen-bond acceptors (Lipinski definition) is 2. The molecule has 0 saturated carbocycles. The van der Waals surface area contributed by atoms with E-state index in [1.54, 1.807) is 0 Å². The largest absolute Gasteiger partial charge is 0.310 e. The van der Waals surface area contributed by atoms with Gasteiger partial charge in [0.2, 0.25) is 0 Å². The molecule has 64 heavy (non-hydrogen) atoms. The van der Waals surface area contributed by atoms with Crippen LogP contribution in [0.1, 0.15) is 36.1 Å². The highest BCUT2D eigenvalue weighted by Crippen LogP contribution is 2.81. The van der Waals surface area contributed by atoms with Gasteiger partial charge >= 0.3 is 0 Å². The smallest absolute Gasteiger partial charge is 0.0818 e. The minimum atomic E-state index is -1.34. The highest BCUT2D eigenvalue weighted by molar-refractivity contribution is 8.48. The van der Waals surface area contributed by atoms with Gasteiger partial charge in [0.15, 0.2) is 0 Å². The third-order valence-electron chi connectivity index (χ3n) is 14.1. The molecule has 318 valence electrons. The zero-order valence-electron chi connectivity index (χ0n) is 38.2. The summed E-state index contributed by atoms with van der Waals surface area (Å²) in [6.07, 6.45) is 15.5. The van der Waals surface area contributed by atoms with Crippen molar-refractivity contribution < 1.29 is 0 Å². The van der Waals surface area contributed by atoms with Crippen LogP contribution >= 0.6 is 20.1 Å². The average Bonchev–Trinajstić information content (AvgIpc) is 3.74. The molecule has 2 nitrogen and oxygen atoms in total. The maximum atomic E-state index is 2.60. The van der Waals surface area contributed by atoms with Crippen LogP contribution in [-0.4, -0.2) is 37.5 Å². The van der Waals surface area contributed by atoms with Crippen LogP contribution in [0.15, 0.2) is 194 Å². The number of rotatable bonds is 8. The summed E-state index contributed by atoms with van der Waals surface area (Å²) in [4.78, 5) is 4.99. The molecule has 0 amide bonds. The standard InChI is InChI=1S/C60H56N2S2/c1-59(2)53-31-21-20-30-50(53)51-37-34-47(40-54(51)59)62(45-27-16-11-17-28-45)58-49-29-19-18-22-41(49)39-55-56(58)52-35-32-42-38-46(61(43-23-12-9-13-24-43)44-25-14-10-15-26-44)33-36-48(42)57(52)60(55,63(3,4)5)64(6,7)8/h9-40H,1-8H3. The molecule has 4 heteroatoms. The molecule has 0 atom stereocenters. The Kier molecular flexibility index (Phi) is 9.30. The predicted molar refractivity (Wildman–Crippen MR) is 285 cm³/mol. The molecule has 0 saturated heterocycles. The molecule has 0 N–H and O–H groups in total. The van der Waals surface area contributed by atoms with Crippen molar-refractivity contribution in [2.45, 2.75) is 23.3 Å². The summed E-state index contributed by atoms with van der Waals surface area (Å²) in [7, 11) is -2.68. The molecule has 0 unspecified atom stereocenters. The van der Waals surface area contributed by atoms with Gasteiger partial charge in [-0.2, -0.15) is 0 Å². The van der Waals surface area contributed by atoms with Gasteiger partial charge < -0.3 is 9.80 Å². The molecule has 0 fully saturated rings. The van der Waals surface area contributed by atoms with Crippen molar-refractivity contribution in [2.75, 3.05) is 47.3 Å². The van der Waals surface area contributed by atoms with Crippen molar-refractivity contribution in [3.63, 3.8) is 0 Å². The van der Waals surface area contributed by atoms with E-state index < -0.39 is 20.1 Å². The van der Waals surface area contributed by atoms with Crippen molar-refractivity contribution in [3.8, 4) is 22.3 Å². The minimum absolute atomic E-state index is 0.133. The Labute approximate surface area is 382 Å². The van der Waals surface area contributed by atoms with Gasteiger partial charge in [0.1, 0.15) is 0 Å². The van der Waals surface area contributed by atoms with Gasteiger partial charge in [0.25, 0.3) is 0 Å². The second kappa shape index (κ2) is 14.7. The van der Waals surface area contributed by atoms with Gasteiger partial charge in [-0.3, -0.25) is 0 Å². The molecule has 0 heterocycles. The summed E-state index contributed by atoms with van der Waals surface area (Å²) in [5.74, 6) is 0. The molecule has 2 aliphatic carbocycles. The van der Waals surface area contributed by atoms with E-state index in [9.17, 15) is 0 Å². The van der Waals surface area contributed by atoms with E-state index in [4.69, 9.17) is 0 Å². The first kappa shape index (κ1) is 40.6. The molecule has 0 spiro atoms. The van der Waals surface area contributed by atoms with Crippen LogP contribution in [0.3, 0.4) is 0 Å². The van der Waals surface area contributed by atoms with Crippen LogP contribution in [0.4, 0.5) is 34.1 Å². The molecule has 11 rings (SSSR count). The van der Waals surface area contributed by atoms with E-state index in [-0.39, 0.29) is 9.49 Å². The number of hydrogen-bond donors (Lipinski definition) is 0. The minimum Gasteiger partial charge on any atom is -0.310 e. The molecule has 0 radical (unpaired) electrons. The summed E-state index contributed by atoms with van der Waals surface area (Å²) >= 11 is 0. The number of nitrogens with zero attached hydrogens (tertiary/aromatic N) is 2. The lowest BCUT2D eigenvalue weighted by Crippen LogP contribution is -2.36. The van der Waals surface area contributed by atoms with E-state index >= 15 is 0 Å². The average molecular weight is 869 g/mol. The third kappa shape index (κ3) is 5.88. The fourth-order valence-corrected chi connectivity index (χ4v) is 21.0. The summed E-state index contributed by atoms with van der Waals surface area (Å²) in [5, 5.41) is 5.16. The Morgan fingerprint density at radius 2 is 0.859 bits per heavy atom.